The van der Waals surface area contributed by atoms with E-state index in [2.05, 4.69) is 83.7 Å². The van der Waals surface area contributed by atoms with Gasteiger partial charge in [-0.05, 0) is 102 Å². The molecule has 1 heterocycles. The van der Waals surface area contributed by atoms with Crippen LogP contribution in [0.4, 0.5) is 5.69 Å². The maximum atomic E-state index is 7.47. The number of hydrogen-bond acceptors (Lipinski definition) is 3. The van der Waals surface area contributed by atoms with E-state index in [-0.39, 0.29) is 0 Å². The van der Waals surface area contributed by atoms with Crippen molar-refractivity contribution in [3.63, 3.8) is 0 Å². The Morgan fingerprint density at radius 1 is 0.479 bits per heavy atom. The van der Waals surface area contributed by atoms with Crippen LogP contribution in [-0.2, 0) is 5.41 Å². The summed E-state index contributed by atoms with van der Waals surface area (Å²) in [4.78, 5) is 18.9. The maximum absolute atomic E-state index is 7.47. The third kappa shape index (κ3) is 5.20. The lowest BCUT2D eigenvalue weighted by atomic mass is 9.48. The Morgan fingerprint density at radius 3 is 1.56 bits per heavy atom. The molecule has 4 nitrogen and oxygen atoms in total. The summed E-state index contributed by atoms with van der Waals surface area (Å²) < 4.78 is 0. The zero-order chi connectivity index (χ0) is 32.1. The summed E-state index contributed by atoms with van der Waals surface area (Å²) in [6, 6.07) is 44.1. The van der Waals surface area contributed by atoms with Crippen LogP contribution in [0.3, 0.4) is 0 Å². The molecule has 4 fully saturated rings. The van der Waals surface area contributed by atoms with E-state index >= 15 is 0 Å². The molecule has 6 aromatic rings. The summed E-state index contributed by atoms with van der Waals surface area (Å²) >= 11 is 0. The molecule has 232 valence electrons. The fraction of sp³-hybridized carbons (Fsp3) is 0.227. The predicted octanol–water partition coefficient (Wildman–Crippen LogP) is 11.2. The monoisotopic (exact) mass is 620 g/mol. The molecule has 0 aliphatic heterocycles. The van der Waals surface area contributed by atoms with E-state index in [9.17, 15) is 0 Å². The van der Waals surface area contributed by atoms with Crippen molar-refractivity contribution >= 4 is 5.69 Å². The van der Waals surface area contributed by atoms with Gasteiger partial charge in [-0.25, -0.2) is 19.8 Å². The van der Waals surface area contributed by atoms with Crippen LogP contribution in [0, 0.1) is 24.3 Å². The number of rotatable bonds is 6. The fourth-order valence-corrected chi connectivity index (χ4v) is 9.28. The molecule has 1 aromatic heterocycles. The first-order valence-corrected chi connectivity index (χ1v) is 17.2. The topological polar surface area (TPSA) is 43.0 Å². The second kappa shape index (κ2) is 11.7. The van der Waals surface area contributed by atoms with Crippen molar-refractivity contribution in [2.24, 2.45) is 17.8 Å². The molecule has 0 unspecified atom stereocenters. The lowest BCUT2D eigenvalue weighted by molar-refractivity contribution is -0.00518. The summed E-state index contributed by atoms with van der Waals surface area (Å²) in [5, 5.41) is 0. The highest BCUT2D eigenvalue weighted by Crippen LogP contribution is 2.60. The van der Waals surface area contributed by atoms with E-state index in [4.69, 9.17) is 21.5 Å². The Kier molecular flexibility index (Phi) is 7.01. The van der Waals surface area contributed by atoms with E-state index in [1.807, 2.05) is 48.5 Å². The average Bonchev–Trinajstić information content (AvgIpc) is 3.15. The zero-order valence-electron chi connectivity index (χ0n) is 26.9. The van der Waals surface area contributed by atoms with E-state index in [0.29, 0.717) is 28.6 Å². The molecule has 0 N–H and O–H groups in total. The lowest BCUT2D eigenvalue weighted by Crippen LogP contribution is -2.48. The van der Waals surface area contributed by atoms with Crippen molar-refractivity contribution in [3.05, 3.63) is 144 Å². The van der Waals surface area contributed by atoms with E-state index in [1.54, 1.807) is 0 Å². The highest BCUT2D eigenvalue weighted by Gasteiger charge is 2.51. The molecule has 10 rings (SSSR count). The van der Waals surface area contributed by atoms with Crippen molar-refractivity contribution in [2.45, 2.75) is 43.9 Å². The first-order chi connectivity index (χ1) is 23.6. The first kappa shape index (κ1) is 28.8. The molecular weight excluding hydrogens is 585 g/mol. The normalized spacial score (nSPS) is 22.4. The molecule has 48 heavy (non-hydrogen) atoms. The third-order valence-corrected chi connectivity index (χ3v) is 11.1. The van der Waals surface area contributed by atoms with Gasteiger partial charge in [-0.15, -0.1) is 0 Å². The Labute approximate surface area is 282 Å². The first-order valence-electron chi connectivity index (χ1n) is 17.2. The van der Waals surface area contributed by atoms with Crippen molar-refractivity contribution in [1.82, 2.24) is 15.0 Å². The highest BCUT2D eigenvalue weighted by atomic mass is 15.0. The molecule has 0 spiro atoms. The van der Waals surface area contributed by atoms with Crippen molar-refractivity contribution < 1.29 is 0 Å². The number of nitrogens with zero attached hydrogens (tertiary/aromatic N) is 4. The van der Waals surface area contributed by atoms with Gasteiger partial charge in [-0.3, -0.25) is 0 Å². The summed E-state index contributed by atoms with van der Waals surface area (Å²) in [5.74, 6) is 4.70. The lowest BCUT2D eigenvalue weighted by Gasteiger charge is -2.57. The number of benzene rings is 5. The van der Waals surface area contributed by atoms with Crippen LogP contribution in [0.2, 0.25) is 0 Å². The van der Waals surface area contributed by atoms with Crippen molar-refractivity contribution in [2.75, 3.05) is 0 Å². The molecule has 4 aliphatic rings. The Hall–Kier alpha value is -5.40. The molecule has 0 atom stereocenters. The third-order valence-electron chi connectivity index (χ3n) is 11.1. The second-order valence-corrected chi connectivity index (χ2v) is 14.2. The minimum absolute atomic E-state index is 0.352. The van der Waals surface area contributed by atoms with Gasteiger partial charge < -0.3 is 0 Å². The number of aromatic nitrogens is 3. The van der Waals surface area contributed by atoms with Crippen LogP contribution in [0.25, 0.3) is 61.3 Å². The van der Waals surface area contributed by atoms with Crippen LogP contribution in [0.5, 0.6) is 0 Å². The Bertz CT molecular complexity index is 2110. The van der Waals surface area contributed by atoms with Crippen LogP contribution in [0.1, 0.15) is 44.1 Å². The van der Waals surface area contributed by atoms with Crippen LogP contribution >= 0.6 is 0 Å². The van der Waals surface area contributed by atoms with Gasteiger partial charge in [0.05, 0.1) is 6.57 Å². The van der Waals surface area contributed by atoms with E-state index in [1.165, 1.54) is 44.1 Å². The molecule has 4 heteroatoms. The van der Waals surface area contributed by atoms with Crippen molar-refractivity contribution in [1.29, 1.82) is 0 Å². The zero-order valence-corrected chi connectivity index (χ0v) is 26.9. The summed E-state index contributed by atoms with van der Waals surface area (Å²) in [7, 11) is 0. The molecule has 4 saturated carbocycles. The fourth-order valence-electron chi connectivity index (χ4n) is 9.28. The van der Waals surface area contributed by atoms with Gasteiger partial charge in [0.25, 0.3) is 0 Å². The quantitative estimate of drug-likeness (QED) is 0.174. The maximum Gasteiger partial charge on any atom is 0.187 e. The molecule has 0 amide bonds. The van der Waals surface area contributed by atoms with E-state index < -0.39 is 0 Å². The molecule has 0 saturated heterocycles. The molecular formula is C44H36N4. The summed E-state index contributed by atoms with van der Waals surface area (Å²) in [6.45, 7) is 7.47. The molecule has 5 aromatic carbocycles. The van der Waals surface area contributed by atoms with Crippen LogP contribution in [-0.4, -0.2) is 15.0 Å². The minimum Gasteiger partial charge on any atom is -0.238 e. The van der Waals surface area contributed by atoms with Crippen LogP contribution < -0.4 is 0 Å². The Balaban J connectivity index is 1.17. The highest BCUT2D eigenvalue weighted by molar-refractivity contribution is 5.86. The van der Waals surface area contributed by atoms with E-state index in [0.717, 1.165) is 56.7 Å². The largest absolute Gasteiger partial charge is 0.238 e. The predicted molar refractivity (Wildman–Crippen MR) is 193 cm³/mol. The Morgan fingerprint density at radius 2 is 0.979 bits per heavy atom. The SMILES string of the molecule is [C-]#[N+]c1ccc(-c2cc(-c3ccccc3)ccc2-c2nc(-c3ccccc3)nc(-c3ccc(C45CC6CC(CC(C6)C4)C5)cc3)n2)cc1. The van der Waals surface area contributed by atoms with Crippen molar-refractivity contribution in [3.8, 4) is 56.4 Å². The van der Waals surface area contributed by atoms with Gasteiger partial charge >= 0.3 is 0 Å². The average molecular weight is 621 g/mol. The summed E-state index contributed by atoms with van der Waals surface area (Å²) in [5.41, 5.74) is 9.64. The molecule has 0 radical (unpaired) electrons. The van der Waals surface area contributed by atoms with Gasteiger partial charge in [0.15, 0.2) is 23.2 Å². The molecule has 4 aliphatic carbocycles. The van der Waals surface area contributed by atoms with Gasteiger partial charge in [-0.2, -0.15) is 0 Å². The smallest absolute Gasteiger partial charge is 0.187 e. The van der Waals surface area contributed by atoms with Gasteiger partial charge in [0.1, 0.15) is 0 Å². The van der Waals surface area contributed by atoms with Gasteiger partial charge in [0.2, 0.25) is 0 Å². The number of hydrogen-bond donors (Lipinski definition) is 0. The summed E-state index contributed by atoms with van der Waals surface area (Å²) in [6.07, 6.45) is 8.41. The molecule has 4 bridgehead atoms. The van der Waals surface area contributed by atoms with Gasteiger partial charge in [-0.1, -0.05) is 115 Å². The second-order valence-electron chi connectivity index (χ2n) is 14.2. The minimum atomic E-state index is 0.352. The van der Waals surface area contributed by atoms with Gasteiger partial charge in [0, 0.05) is 16.7 Å². The van der Waals surface area contributed by atoms with Crippen LogP contribution in [0.15, 0.2) is 127 Å². The standard InChI is InChI=1S/C44H36N4/c1-45-38-19-14-33(15-20-38)40-25-36(32-8-4-2-5-9-32)16-21-39(40)43-47-41(34-10-6-3-7-11-34)46-42(48-43)35-12-17-37(18-13-35)44-26-29-22-30(27-44)24-31(23-29)28-44/h2-21,25,29-31H,22-24,26-28H2.